The predicted molar refractivity (Wildman–Crippen MR) is 56.5 cm³/mol. The summed E-state index contributed by atoms with van der Waals surface area (Å²) in [5.41, 5.74) is 4.02. The van der Waals surface area contributed by atoms with Crippen molar-refractivity contribution in [3.8, 4) is 0 Å². The van der Waals surface area contributed by atoms with Crippen LogP contribution < -0.4 is 0 Å². The van der Waals surface area contributed by atoms with Crippen LogP contribution in [0.4, 0.5) is 0 Å². The van der Waals surface area contributed by atoms with Crippen LogP contribution >= 0.6 is 0 Å². The molecule has 0 aromatic carbocycles. The molecule has 74 valence electrons. The molecule has 0 fully saturated rings. The minimum atomic E-state index is -0.284. The molecular weight excluding hydrogens is 160 g/mol. The van der Waals surface area contributed by atoms with Gasteiger partial charge >= 0.3 is 0 Å². The van der Waals surface area contributed by atoms with Crippen LogP contribution in [-0.4, -0.2) is 11.2 Å². The fourth-order valence-corrected chi connectivity index (χ4v) is 1.98. The van der Waals surface area contributed by atoms with Gasteiger partial charge in [-0.1, -0.05) is 24.1 Å². The van der Waals surface area contributed by atoms with E-state index in [-0.39, 0.29) is 6.10 Å². The van der Waals surface area contributed by atoms with Crippen LogP contribution in [-0.2, 0) is 0 Å². The first-order chi connectivity index (χ1) is 6.06. The summed E-state index contributed by atoms with van der Waals surface area (Å²) in [6.07, 6.45) is 4.13. The molecule has 0 radical (unpaired) electrons. The van der Waals surface area contributed by atoms with Gasteiger partial charge < -0.3 is 5.11 Å². The van der Waals surface area contributed by atoms with Crippen molar-refractivity contribution in [2.75, 3.05) is 0 Å². The number of allylic oxidation sites excluding steroid dienone is 3. The Balaban J connectivity index is 2.93. The molecule has 1 aliphatic rings. The van der Waals surface area contributed by atoms with Crippen molar-refractivity contribution in [1.82, 2.24) is 0 Å². The Morgan fingerprint density at radius 2 is 2.15 bits per heavy atom. The molecule has 1 heteroatoms. The van der Waals surface area contributed by atoms with Crippen LogP contribution in [0.15, 0.2) is 22.8 Å². The largest absolute Gasteiger partial charge is 0.389 e. The zero-order valence-corrected chi connectivity index (χ0v) is 9.09. The van der Waals surface area contributed by atoms with Gasteiger partial charge in [-0.3, -0.25) is 0 Å². The zero-order chi connectivity index (χ0) is 10.0. The highest BCUT2D eigenvalue weighted by Gasteiger charge is 2.21. The third-order valence-electron chi connectivity index (χ3n) is 3.06. The fraction of sp³-hybridized carbons (Fsp3) is 0.667. The summed E-state index contributed by atoms with van der Waals surface area (Å²) in [6.45, 7) is 8.37. The average molecular weight is 180 g/mol. The molecule has 13 heavy (non-hydrogen) atoms. The van der Waals surface area contributed by atoms with E-state index in [1.807, 2.05) is 6.92 Å². The van der Waals surface area contributed by atoms with Gasteiger partial charge in [0.05, 0.1) is 6.10 Å². The Labute approximate surface area is 81.2 Å². The third kappa shape index (κ3) is 2.22. The van der Waals surface area contributed by atoms with Crippen molar-refractivity contribution in [1.29, 1.82) is 0 Å². The van der Waals surface area contributed by atoms with Crippen LogP contribution in [0.5, 0.6) is 0 Å². The molecule has 0 heterocycles. The molecule has 1 rings (SSSR count). The lowest BCUT2D eigenvalue weighted by molar-refractivity contribution is 0.213. The Kier molecular flexibility index (Phi) is 3.32. The molecule has 0 saturated carbocycles. The van der Waals surface area contributed by atoms with Gasteiger partial charge in [-0.15, -0.1) is 0 Å². The molecule has 1 aliphatic carbocycles. The maximum atomic E-state index is 9.59. The van der Waals surface area contributed by atoms with Crippen molar-refractivity contribution in [2.24, 2.45) is 5.92 Å². The van der Waals surface area contributed by atoms with Gasteiger partial charge in [-0.2, -0.15) is 0 Å². The lowest BCUT2D eigenvalue weighted by Gasteiger charge is -2.26. The first-order valence-electron chi connectivity index (χ1n) is 5.12. The van der Waals surface area contributed by atoms with Gasteiger partial charge in [0.1, 0.15) is 0 Å². The van der Waals surface area contributed by atoms with E-state index in [2.05, 4.69) is 26.8 Å². The van der Waals surface area contributed by atoms with Crippen molar-refractivity contribution < 1.29 is 5.11 Å². The van der Waals surface area contributed by atoms with E-state index in [0.29, 0.717) is 5.92 Å². The summed E-state index contributed by atoms with van der Waals surface area (Å²) in [4.78, 5) is 0. The van der Waals surface area contributed by atoms with Crippen LogP contribution in [0, 0.1) is 5.92 Å². The predicted octanol–water partition coefficient (Wildman–Crippen LogP) is 3.06. The molecule has 0 saturated heterocycles. The molecule has 0 bridgehead atoms. The standard InChI is InChI=1S/C12H20O/c1-5-11-6-8(2)9(3)7-12(11)10(4)13/h7,10-11,13H,5-6H2,1-4H3. The third-order valence-corrected chi connectivity index (χ3v) is 3.06. The second kappa shape index (κ2) is 4.10. The van der Waals surface area contributed by atoms with Gasteiger partial charge in [0.15, 0.2) is 0 Å². The Bertz CT molecular complexity index is 246. The van der Waals surface area contributed by atoms with E-state index >= 15 is 0 Å². The van der Waals surface area contributed by atoms with Gasteiger partial charge in [0.2, 0.25) is 0 Å². The van der Waals surface area contributed by atoms with Gasteiger partial charge in [0.25, 0.3) is 0 Å². The van der Waals surface area contributed by atoms with E-state index < -0.39 is 0 Å². The summed E-state index contributed by atoms with van der Waals surface area (Å²) >= 11 is 0. The van der Waals surface area contributed by atoms with Crippen molar-refractivity contribution in [3.63, 3.8) is 0 Å². The highest BCUT2D eigenvalue weighted by molar-refractivity contribution is 5.34. The molecule has 2 unspecified atom stereocenters. The monoisotopic (exact) mass is 180 g/mol. The normalized spacial score (nSPS) is 25.9. The molecule has 0 aromatic heterocycles. The molecule has 0 aromatic rings. The number of rotatable bonds is 2. The first-order valence-corrected chi connectivity index (χ1v) is 5.12. The fourth-order valence-electron chi connectivity index (χ4n) is 1.98. The van der Waals surface area contributed by atoms with E-state index in [4.69, 9.17) is 0 Å². The SMILES string of the molecule is CCC1CC(C)=C(C)C=C1C(C)O. The summed E-state index contributed by atoms with van der Waals surface area (Å²) in [5.74, 6) is 0.559. The second-order valence-electron chi connectivity index (χ2n) is 4.09. The van der Waals surface area contributed by atoms with Crippen molar-refractivity contribution in [3.05, 3.63) is 22.8 Å². The number of aliphatic hydroxyl groups excluding tert-OH is 1. The highest BCUT2D eigenvalue weighted by Crippen LogP contribution is 2.32. The van der Waals surface area contributed by atoms with Crippen molar-refractivity contribution in [2.45, 2.75) is 46.6 Å². The maximum Gasteiger partial charge on any atom is 0.0727 e. The highest BCUT2D eigenvalue weighted by atomic mass is 16.3. The van der Waals surface area contributed by atoms with Crippen LogP contribution in [0.2, 0.25) is 0 Å². The van der Waals surface area contributed by atoms with E-state index in [0.717, 1.165) is 12.8 Å². The molecule has 1 nitrogen and oxygen atoms in total. The molecule has 0 aliphatic heterocycles. The molecule has 0 spiro atoms. The minimum Gasteiger partial charge on any atom is -0.389 e. The Hall–Kier alpha value is -0.560. The summed E-state index contributed by atoms with van der Waals surface area (Å²) in [5, 5.41) is 9.59. The lowest BCUT2D eigenvalue weighted by atomic mass is 9.81. The number of hydrogen-bond donors (Lipinski definition) is 1. The molecular formula is C12H20O. The Morgan fingerprint density at radius 1 is 1.54 bits per heavy atom. The van der Waals surface area contributed by atoms with E-state index in [1.165, 1.54) is 16.7 Å². The number of aliphatic hydroxyl groups is 1. The van der Waals surface area contributed by atoms with Crippen LogP contribution in [0.1, 0.15) is 40.5 Å². The molecule has 2 atom stereocenters. The number of hydrogen-bond acceptors (Lipinski definition) is 1. The topological polar surface area (TPSA) is 20.2 Å². The first kappa shape index (κ1) is 10.5. The molecule has 1 N–H and O–H groups in total. The Morgan fingerprint density at radius 3 is 2.62 bits per heavy atom. The van der Waals surface area contributed by atoms with Crippen LogP contribution in [0.3, 0.4) is 0 Å². The van der Waals surface area contributed by atoms with Crippen molar-refractivity contribution >= 4 is 0 Å². The smallest absolute Gasteiger partial charge is 0.0727 e. The van der Waals surface area contributed by atoms with Gasteiger partial charge in [-0.25, -0.2) is 0 Å². The average Bonchev–Trinajstić information content (AvgIpc) is 2.08. The lowest BCUT2D eigenvalue weighted by Crippen LogP contribution is -2.18. The quantitative estimate of drug-likeness (QED) is 0.692. The van der Waals surface area contributed by atoms with Crippen LogP contribution in [0.25, 0.3) is 0 Å². The summed E-state index contributed by atoms with van der Waals surface area (Å²) < 4.78 is 0. The second-order valence-corrected chi connectivity index (χ2v) is 4.09. The van der Waals surface area contributed by atoms with Gasteiger partial charge in [-0.05, 0) is 45.1 Å². The zero-order valence-electron chi connectivity index (χ0n) is 9.09. The summed E-state index contributed by atoms with van der Waals surface area (Å²) in [7, 11) is 0. The van der Waals surface area contributed by atoms with Gasteiger partial charge in [0, 0.05) is 0 Å². The van der Waals surface area contributed by atoms with E-state index in [9.17, 15) is 5.11 Å². The van der Waals surface area contributed by atoms with E-state index in [1.54, 1.807) is 0 Å². The summed E-state index contributed by atoms with van der Waals surface area (Å²) in [6, 6.07) is 0. The molecule has 0 amide bonds. The maximum absolute atomic E-state index is 9.59. The minimum absolute atomic E-state index is 0.284.